The van der Waals surface area contributed by atoms with E-state index in [1.165, 1.54) is 7.05 Å². The van der Waals surface area contributed by atoms with E-state index in [9.17, 15) is 8.42 Å². The molecule has 0 atom stereocenters. The fourth-order valence-electron chi connectivity index (χ4n) is 1.26. The Kier molecular flexibility index (Phi) is 4.05. The van der Waals surface area contributed by atoms with Gasteiger partial charge in [0.15, 0.2) is 0 Å². The molecule has 0 saturated carbocycles. The van der Waals surface area contributed by atoms with E-state index in [4.69, 9.17) is 5.26 Å². The van der Waals surface area contributed by atoms with Gasteiger partial charge in [-0.2, -0.15) is 9.57 Å². The Morgan fingerprint density at radius 2 is 1.88 bits per heavy atom. The van der Waals surface area contributed by atoms with Crippen LogP contribution in [-0.2, 0) is 16.4 Å². The van der Waals surface area contributed by atoms with Crippen LogP contribution in [0.4, 0.5) is 0 Å². The molecular formula is C11H14N2O2S. The van der Waals surface area contributed by atoms with E-state index < -0.39 is 10.0 Å². The highest BCUT2D eigenvalue weighted by molar-refractivity contribution is 7.89. The van der Waals surface area contributed by atoms with Crippen LogP contribution in [0.3, 0.4) is 0 Å². The molecule has 0 radical (unpaired) electrons. The lowest BCUT2D eigenvalue weighted by Crippen LogP contribution is -2.27. The highest BCUT2D eigenvalue weighted by Crippen LogP contribution is 2.14. The molecule has 0 bridgehead atoms. The third-order valence-corrected chi connectivity index (χ3v) is 4.15. The van der Waals surface area contributed by atoms with Crippen LogP contribution in [0.1, 0.15) is 12.5 Å². The SMILES string of the molecule is CCc1ccc(S(=O)(=O)N(C)CC#N)cc1. The zero-order valence-corrected chi connectivity index (χ0v) is 10.2. The van der Waals surface area contributed by atoms with Crippen molar-refractivity contribution in [2.24, 2.45) is 0 Å². The summed E-state index contributed by atoms with van der Waals surface area (Å²) in [6, 6.07) is 8.53. The predicted octanol–water partition coefficient (Wildman–Crippen LogP) is 1.39. The van der Waals surface area contributed by atoms with Crippen LogP contribution in [0.25, 0.3) is 0 Å². The number of hydrogen-bond acceptors (Lipinski definition) is 3. The van der Waals surface area contributed by atoms with Gasteiger partial charge in [-0.25, -0.2) is 8.42 Å². The first-order valence-electron chi connectivity index (χ1n) is 4.94. The summed E-state index contributed by atoms with van der Waals surface area (Å²) in [5, 5.41) is 8.47. The van der Waals surface area contributed by atoms with Crippen LogP contribution in [0, 0.1) is 11.3 Å². The summed E-state index contributed by atoms with van der Waals surface area (Å²) in [7, 11) is -2.12. The Balaban J connectivity index is 3.04. The van der Waals surface area contributed by atoms with Crippen LogP contribution in [-0.4, -0.2) is 26.3 Å². The Morgan fingerprint density at radius 3 is 2.31 bits per heavy atom. The topological polar surface area (TPSA) is 61.2 Å². The van der Waals surface area contributed by atoms with Crippen molar-refractivity contribution in [3.8, 4) is 6.07 Å². The van der Waals surface area contributed by atoms with E-state index in [0.717, 1.165) is 16.3 Å². The number of benzene rings is 1. The van der Waals surface area contributed by atoms with E-state index in [1.807, 2.05) is 13.0 Å². The maximum absolute atomic E-state index is 11.9. The minimum Gasteiger partial charge on any atom is -0.207 e. The van der Waals surface area contributed by atoms with Crippen molar-refractivity contribution in [2.75, 3.05) is 13.6 Å². The third kappa shape index (κ3) is 2.60. The number of nitriles is 1. The average molecular weight is 238 g/mol. The van der Waals surface area contributed by atoms with Crippen LogP contribution in [0.5, 0.6) is 0 Å². The number of nitrogens with zero attached hydrogens (tertiary/aromatic N) is 2. The summed E-state index contributed by atoms with van der Waals surface area (Å²) in [5.74, 6) is 0. The van der Waals surface area contributed by atoms with Crippen LogP contribution in [0.2, 0.25) is 0 Å². The van der Waals surface area contributed by atoms with E-state index in [-0.39, 0.29) is 11.4 Å². The molecule has 0 saturated heterocycles. The molecule has 4 nitrogen and oxygen atoms in total. The van der Waals surface area contributed by atoms with E-state index in [0.29, 0.717) is 0 Å². The van der Waals surface area contributed by atoms with Gasteiger partial charge in [0.25, 0.3) is 0 Å². The predicted molar refractivity (Wildman–Crippen MR) is 61.2 cm³/mol. The summed E-state index contributed by atoms with van der Waals surface area (Å²) < 4.78 is 24.8. The van der Waals surface area contributed by atoms with Crippen LogP contribution in [0.15, 0.2) is 29.2 Å². The Morgan fingerprint density at radius 1 is 1.31 bits per heavy atom. The Bertz CT molecular complexity index is 486. The van der Waals surface area contributed by atoms with Crippen molar-refractivity contribution in [1.82, 2.24) is 4.31 Å². The lowest BCUT2D eigenvalue weighted by atomic mass is 10.2. The van der Waals surface area contributed by atoms with E-state index >= 15 is 0 Å². The number of sulfonamides is 1. The molecule has 1 aromatic rings. The molecule has 0 fully saturated rings. The third-order valence-electron chi connectivity index (χ3n) is 2.33. The fraction of sp³-hybridized carbons (Fsp3) is 0.364. The molecule has 0 aliphatic rings. The molecule has 0 spiro atoms. The van der Waals surface area contributed by atoms with Crippen molar-refractivity contribution in [1.29, 1.82) is 5.26 Å². The number of hydrogen-bond donors (Lipinski definition) is 0. The van der Waals surface area contributed by atoms with Gasteiger partial charge in [0, 0.05) is 7.05 Å². The van der Waals surface area contributed by atoms with E-state index in [2.05, 4.69) is 0 Å². The lowest BCUT2D eigenvalue weighted by molar-refractivity contribution is 0.501. The summed E-state index contributed by atoms with van der Waals surface area (Å²) in [4.78, 5) is 0.224. The second kappa shape index (κ2) is 5.10. The smallest absolute Gasteiger partial charge is 0.207 e. The molecular weight excluding hydrogens is 224 g/mol. The summed E-state index contributed by atoms with van der Waals surface area (Å²) in [6.45, 7) is 1.86. The molecule has 5 heteroatoms. The molecule has 0 heterocycles. The van der Waals surface area contributed by atoms with Gasteiger partial charge in [-0.3, -0.25) is 0 Å². The molecule has 1 rings (SSSR count). The van der Waals surface area contributed by atoms with Crippen molar-refractivity contribution in [2.45, 2.75) is 18.2 Å². The molecule has 86 valence electrons. The second-order valence-electron chi connectivity index (χ2n) is 3.42. The molecule has 0 unspecified atom stereocenters. The van der Waals surface area contributed by atoms with Crippen LogP contribution >= 0.6 is 0 Å². The first-order chi connectivity index (χ1) is 7.52. The summed E-state index contributed by atoms with van der Waals surface area (Å²) in [6.07, 6.45) is 0.869. The maximum Gasteiger partial charge on any atom is 0.243 e. The molecule has 0 aromatic heterocycles. The van der Waals surface area contributed by atoms with Gasteiger partial charge in [0.05, 0.1) is 11.0 Å². The molecule has 0 N–H and O–H groups in total. The van der Waals surface area contributed by atoms with Crippen LogP contribution < -0.4 is 0 Å². The lowest BCUT2D eigenvalue weighted by Gasteiger charge is -2.13. The van der Waals surface area contributed by atoms with Gasteiger partial charge in [-0.05, 0) is 24.1 Å². The minimum atomic E-state index is -3.52. The van der Waals surface area contributed by atoms with Crippen molar-refractivity contribution in [3.05, 3.63) is 29.8 Å². The highest BCUT2D eigenvalue weighted by Gasteiger charge is 2.19. The van der Waals surface area contributed by atoms with E-state index in [1.54, 1.807) is 24.3 Å². The van der Waals surface area contributed by atoms with Gasteiger partial charge in [-0.15, -0.1) is 0 Å². The minimum absolute atomic E-state index is 0.141. The van der Waals surface area contributed by atoms with Gasteiger partial charge < -0.3 is 0 Å². The first kappa shape index (κ1) is 12.7. The highest BCUT2D eigenvalue weighted by atomic mass is 32.2. The van der Waals surface area contributed by atoms with Gasteiger partial charge in [-0.1, -0.05) is 19.1 Å². The normalized spacial score (nSPS) is 11.4. The Hall–Kier alpha value is -1.38. The standard InChI is InChI=1S/C11H14N2O2S/c1-3-10-4-6-11(7-5-10)16(14,15)13(2)9-8-12/h4-7H,3,9H2,1-2H3. The molecule has 0 amide bonds. The Labute approximate surface area is 96.2 Å². The maximum atomic E-state index is 11.9. The zero-order chi connectivity index (χ0) is 12.2. The largest absolute Gasteiger partial charge is 0.243 e. The molecule has 0 aliphatic heterocycles. The molecule has 16 heavy (non-hydrogen) atoms. The monoisotopic (exact) mass is 238 g/mol. The summed E-state index contributed by atoms with van der Waals surface area (Å²) >= 11 is 0. The second-order valence-corrected chi connectivity index (χ2v) is 5.46. The van der Waals surface area contributed by atoms with Crippen molar-refractivity contribution >= 4 is 10.0 Å². The number of aryl methyl sites for hydroxylation is 1. The quantitative estimate of drug-likeness (QED) is 0.745. The van der Waals surface area contributed by atoms with Crippen molar-refractivity contribution in [3.63, 3.8) is 0 Å². The zero-order valence-electron chi connectivity index (χ0n) is 9.34. The van der Waals surface area contributed by atoms with Crippen molar-refractivity contribution < 1.29 is 8.42 Å². The molecule has 1 aromatic carbocycles. The van der Waals surface area contributed by atoms with Gasteiger partial charge in [0.2, 0.25) is 10.0 Å². The van der Waals surface area contributed by atoms with Gasteiger partial charge >= 0.3 is 0 Å². The average Bonchev–Trinajstić information content (AvgIpc) is 2.29. The number of rotatable bonds is 4. The first-order valence-corrected chi connectivity index (χ1v) is 6.38. The summed E-state index contributed by atoms with van der Waals surface area (Å²) in [5.41, 5.74) is 1.09. The molecule has 0 aliphatic carbocycles. The van der Waals surface area contributed by atoms with Gasteiger partial charge in [0.1, 0.15) is 6.54 Å². The fourth-order valence-corrected chi connectivity index (χ4v) is 2.33.